The predicted octanol–water partition coefficient (Wildman–Crippen LogP) is 4.02. The van der Waals surface area contributed by atoms with Gasteiger partial charge in [-0.2, -0.15) is 0 Å². The minimum Gasteiger partial charge on any atom is -0.424 e. The molecule has 146 valence electrons. The SMILES string of the molecule is O=C(Nc1ccc(Oc2ncccn2)cc1)C1CCN(c2cccc(Br)c2)C1=O. The van der Waals surface area contributed by atoms with Gasteiger partial charge in [0, 0.05) is 34.8 Å². The Bertz CT molecular complexity index is 1030. The monoisotopic (exact) mass is 452 g/mol. The first-order valence-corrected chi connectivity index (χ1v) is 9.82. The summed E-state index contributed by atoms with van der Waals surface area (Å²) in [6.45, 7) is 0.511. The van der Waals surface area contributed by atoms with Crippen LogP contribution in [-0.4, -0.2) is 28.3 Å². The Balaban J connectivity index is 1.38. The average molecular weight is 453 g/mol. The maximum Gasteiger partial charge on any atom is 0.321 e. The van der Waals surface area contributed by atoms with Crippen molar-refractivity contribution < 1.29 is 14.3 Å². The molecule has 0 aliphatic carbocycles. The van der Waals surface area contributed by atoms with Crippen LogP contribution < -0.4 is 15.0 Å². The van der Waals surface area contributed by atoms with Crippen molar-refractivity contribution in [2.45, 2.75) is 6.42 Å². The molecular weight excluding hydrogens is 436 g/mol. The number of hydrogen-bond acceptors (Lipinski definition) is 5. The van der Waals surface area contributed by atoms with E-state index >= 15 is 0 Å². The van der Waals surface area contributed by atoms with Crippen LogP contribution in [0.1, 0.15) is 6.42 Å². The van der Waals surface area contributed by atoms with E-state index in [1.807, 2.05) is 24.3 Å². The number of nitrogens with one attached hydrogen (secondary N) is 1. The lowest BCUT2D eigenvalue weighted by molar-refractivity contribution is -0.129. The molecule has 1 N–H and O–H groups in total. The van der Waals surface area contributed by atoms with Crippen LogP contribution >= 0.6 is 15.9 Å². The first-order valence-electron chi connectivity index (χ1n) is 9.03. The maximum absolute atomic E-state index is 12.7. The van der Waals surface area contributed by atoms with E-state index in [9.17, 15) is 9.59 Å². The highest BCUT2D eigenvalue weighted by Gasteiger charge is 2.37. The quantitative estimate of drug-likeness (QED) is 0.590. The van der Waals surface area contributed by atoms with Crippen molar-refractivity contribution in [1.82, 2.24) is 9.97 Å². The number of rotatable bonds is 5. The third-order valence-corrected chi connectivity index (χ3v) is 5.01. The number of amides is 2. The standard InChI is InChI=1S/C21H17BrN4O3/c22-14-3-1-4-16(13-14)26-12-9-18(20(26)28)19(27)25-15-5-7-17(8-6-15)29-21-23-10-2-11-24-21/h1-8,10-11,13,18H,9,12H2,(H,25,27). The van der Waals surface area contributed by atoms with E-state index in [0.717, 1.165) is 10.2 Å². The number of anilines is 2. The topological polar surface area (TPSA) is 84.4 Å². The molecule has 0 bridgehead atoms. The van der Waals surface area contributed by atoms with Crippen LogP contribution in [0.4, 0.5) is 11.4 Å². The minimum atomic E-state index is -0.706. The zero-order chi connectivity index (χ0) is 20.2. The molecular formula is C21H17BrN4O3. The largest absolute Gasteiger partial charge is 0.424 e. The number of ether oxygens (including phenoxy) is 1. The molecule has 3 aromatic rings. The van der Waals surface area contributed by atoms with Gasteiger partial charge in [0.2, 0.25) is 11.8 Å². The van der Waals surface area contributed by atoms with Gasteiger partial charge in [-0.05, 0) is 55.0 Å². The first-order chi connectivity index (χ1) is 14.1. The minimum absolute atomic E-state index is 0.193. The molecule has 1 aliphatic heterocycles. The summed E-state index contributed by atoms with van der Waals surface area (Å²) in [4.78, 5) is 35.0. The summed E-state index contributed by atoms with van der Waals surface area (Å²) < 4.78 is 6.42. The Morgan fingerprint density at radius 1 is 1.10 bits per heavy atom. The second-order valence-electron chi connectivity index (χ2n) is 6.46. The van der Waals surface area contributed by atoms with Gasteiger partial charge in [0.15, 0.2) is 0 Å². The molecule has 1 fully saturated rings. The van der Waals surface area contributed by atoms with Crippen LogP contribution in [0.5, 0.6) is 11.8 Å². The van der Waals surface area contributed by atoms with Gasteiger partial charge >= 0.3 is 6.01 Å². The van der Waals surface area contributed by atoms with E-state index in [1.165, 1.54) is 0 Å². The van der Waals surface area contributed by atoms with Gasteiger partial charge in [-0.25, -0.2) is 9.97 Å². The predicted molar refractivity (Wildman–Crippen MR) is 112 cm³/mol. The summed E-state index contributed by atoms with van der Waals surface area (Å²) in [5.74, 6) is -0.663. The molecule has 1 aliphatic rings. The molecule has 2 aromatic carbocycles. The van der Waals surface area contributed by atoms with Gasteiger partial charge in [-0.1, -0.05) is 22.0 Å². The molecule has 1 atom stereocenters. The zero-order valence-electron chi connectivity index (χ0n) is 15.3. The van der Waals surface area contributed by atoms with Crippen molar-refractivity contribution in [1.29, 1.82) is 0 Å². The van der Waals surface area contributed by atoms with E-state index in [4.69, 9.17) is 4.74 Å². The summed E-state index contributed by atoms with van der Waals surface area (Å²) in [5, 5.41) is 2.81. The molecule has 1 unspecified atom stereocenters. The summed E-state index contributed by atoms with van der Waals surface area (Å²) in [7, 11) is 0. The molecule has 2 amide bonds. The number of carbonyl (C=O) groups excluding carboxylic acids is 2. The zero-order valence-corrected chi connectivity index (χ0v) is 16.9. The van der Waals surface area contributed by atoms with E-state index in [0.29, 0.717) is 24.4 Å². The number of carbonyl (C=O) groups is 2. The highest BCUT2D eigenvalue weighted by molar-refractivity contribution is 9.10. The summed E-state index contributed by atoms with van der Waals surface area (Å²) in [6, 6.07) is 16.3. The Labute approximate surface area is 175 Å². The Kier molecular flexibility index (Phi) is 5.53. The maximum atomic E-state index is 12.7. The first kappa shape index (κ1) is 19.1. The van der Waals surface area contributed by atoms with E-state index < -0.39 is 5.92 Å². The van der Waals surface area contributed by atoms with Gasteiger partial charge in [0.1, 0.15) is 11.7 Å². The molecule has 1 saturated heterocycles. The third-order valence-electron chi connectivity index (χ3n) is 4.51. The van der Waals surface area contributed by atoms with Gasteiger partial charge in [0.25, 0.3) is 0 Å². The molecule has 7 nitrogen and oxygen atoms in total. The van der Waals surface area contributed by atoms with Crippen molar-refractivity contribution in [3.05, 3.63) is 71.5 Å². The van der Waals surface area contributed by atoms with Crippen LogP contribution in [0.2, 0.25) is 0 Å². The molecule has 1 aromatic heterocycles. The highest BCUT2D eigenvalue weighted by atomic mass is 79.9. The normalized spacial score (nSPS) is 16.0. The number of hydrogen-bond donors (Lipinski definition) is 1. The van der Waals surface area contributed by atoms with E-state index in [1.54, 1.807) is 47.6 Å². The van der Waals surface area contributed by atoms with Crippen LogP contribution in [0.25, 0.3) is 0 Å². The fourth-order valence-electron chi connectivity index (χ4n) is 3.10. The number of benzene rings is 2. The summed E-state index contributed by atoms with van der Waals surface area (Å²) in [5.41, 5.74) is 1.37. The van der Waals surface area contributed by atoms with Crippen LogP contribution in [0.15, 0.2) is 71.5 Å². The van der Waals surface area contributed by atoms with Crippen LogP contribution in [0, 0.1) is 5.92 Å². The van der Waals surface area contributed by atoms with Gasteiger partial charge in [-0.3, -0.25) is 9.59 Å². The molecule has 0 saturated carbocycles. The van der Waals surface area contributed by atoms with Crippen molar-refractivity contribution in [2.24, 2.45) is 5.92 Å². The van der Waals surface area contributed by atoms with E-state index in [2.05, 4.69) is 31.2 Å². The highest BCUT2D eigenvalue weighted by Crippen LogP contribution is 2.28. The van der Waals surface area contributed by atoms with Crippen molar-refractivity contribution >= 4 is 39.1 Å². The lowest BCUT2D eigenvalue weighted by atomic mass is 10.1. The Morgan fingerprint density at radius 3 is 2.59 bits per heavy atom. The van der Waals surface area contributed by atoms with Gasteiger partial charge < -0.3 is 15.0 Å². The number of halogens is 1. The van der Waals surface area contributed by atoms with Gasteiger partial charge in [0.05, 0.1) is 0 Å². The van der Waals surface area contributed by atoms with Crippen molar-refractivity contribution in [3.8, 4) is 11.8 Å². The smallest absolute Gasteiger partial charge is 0.321 e. The molecule has 2 heterocycles. The van der Waals surface area contributed by atoms with E-state index in [-0.39, 0.29) is 17.8 Å². The Hall–Kier alpha value is -3.26. The van der Waals surface area contributed by atoms with Crippen molar-refractivity contribution in [3.63, 3.8) is 0 Å². The number of aromatic nitrogens is 2. The third kappa shape index (κ3) is 4.43. The molecule has 8 heteroatoms. The average Bonchev–Trinajstić information content (AvgIpc) is 3.12. The summed E-state index contributed by atoms with van der Waals surface area (Å²) in [6.07, 6.45) is 3.66. The second-order valence-corrected chi connectivity index (χ2v) is 7.37. The van der Waals surface area contributed by atoms with Gasteiger partial charge in [-0.15, -0.1) is 0 Å². The van der Waals surface area contributed by atoms with Crippen LogP contribution in [-0.2, 0) is 9.59 Å². The molecule has 29 heavy (non-hydrogen) atoms. The summed E-state index contributed by atoms with van der Waals surface area (Å²) >= 11 is 3.41. The lowest BCUT2D eigenvalue weighted by Crippen LogP contribution is -2.33. The fraction of sp³-hybridized carbons (Fsp3) is 0.143. The fourth-order valence-corrected chi connectivity index (χ4v) is 3.49. The molecule has 0 radical (unpaired) electrons. The van der Waals surface area contributed by atoms with Crippen molar-refractivity contribution in [2.75, 3.05) is 16.8 Å². The Morgan fingerprint density at radius 2 is 1.86 bits per heavy atom. The van der Waals surface area contributed by atoms with Crippen LogP contribution in [0.3, 0.4) is 0 Å². The second kappa shape index (κ2) is 8.40. The molecule has 4 rings (SSSR count). The lowest BCUT2D eigenvalue weighted by Gasteiger charge is -2.17. The molecule has 0 spiro atoms. The number of nitrogens with zero attached hydrogens (tertiary/aromatic N) is 3.